The van der Waals surface area contributed by atoms with Gasteiger partial charge in [0.1, 0.15) is 5.69 Å². The van der Waals surface area contributed by atoms with Crippen LogP contribution in [0.5, 0.6) is 0 Å². The Kier molecular flexibility index (Phi) is 7.21. The lowest BCUT2D eigenvalue weighted by Gasteiger charge is -2.36. The van der Waals surface area contributed by atoms with E-state index in [0.29, 0.717) is 0 Å². The molecule has 2 aromatic carbocycles. The molecular formula is C21H31ClN5+. The standard InChI is InChI=1S/C21H30ClN5/c1-24-20-9-2-3-10-21(20)27(23)12-5-4-11-25-13-15-26(16-14-25)19-8-6-7-18(22)17-19/h2-3,6-10,17,24H,4-5,11-16,23H2,1H3/p+1. The number of nitrogens with one attached hydrogen (secondary N) is 1. The molecule has 0 unspecified atom stereocenters. The van der Waals surface area contributed by atoms with Gasteiger partial charge in [-0.1, -0.05) is 29.8 Å². The third-order valence-electron chi connectivity index (χ3n) is 5.21. The van der Waals surface area contributed by atoms with Gasteiger partial charge in [-0.05, 0) is 49.7 Å². The van der Waals surface area contributed by atoms with Crippen LogP contribution in [0, 0.1) is 0 Å². The second-order valence-corrected chi connectivity index (χ2v) is 7.48. The second kappa shape index (κ2) is 9.83. The molecule has 146 valence electrons. The van der Waals surface area contributed by atoms with Gasteiger partial charge in [0.05, 0.1) is 12.2 Å². The van der Waals surface area contributed by atoms with Gasteiger partial charge in [0.2, 0.25) is 0 Å². The molecule has 27 heavy (non-hydrogen) atoms. The number of piperazine rings is 1. The highest BCUT2D eigenvalue weighted by atomic mass is 35.5. The fourth-order valence-corrected chi connectivity index (χ4v) is 3.81. The Morgan fingerprint density at radius 2 is 1.81 bits per heavy atom. The predicted molar refractivity (Wildman–Crippen MR) is 116 cm³/mol. The minimum absolute atomic E-state index is 0.813. The van der Waals surface area contributed by atoms with Crippen LogP contribution >= 0.6 is 11.6 Å². The number of unbranched alkanes of at least 4 members (excludes halogenated alkanes) is 1. The summed E-state index contributed by atoms with van der Waals surface area (Å²) in [6.07, 6.45) is 2.35. The summed E-state index contributed by atoms with van der Waals surface area (Å²) in [5, 5.41) is 6.15. The van der Waals surface area contributed by atoms with Crippen molar-refractivity contribution in [2.75, 3.05) is 61.5 Å². The van der Waals surface area contributed by atoms with Crippen molar-refractivity contribution in [3.05, 3.63) is 53.6 Å². The maximum absolute atomic E-state index is 6.12. The largest absolute Gasteiger partial charge is 0.386 e. The number of para-hydroxylation sites is 2. The van der Waals surface area contributed by atoms with Gasteiger partial charge in [0.25, 0.3) is 0 Å². The fraction of sp³-hybridized carbons (Fsp3) is 0.429. The summed E-state index contributed by atoms with van der Waals surface area (Å²) in [5.74, 6) is 4.21. The first-order valence-corrected chi connectivity index (χ1v) is 10.1. The molecule has 0 bridgehead atoms. The predicted octanol–water partition coefficient (Wildman–Crippen LogP) is 2.95. The Balaban J connectivity index is 1.37. The van der Waals surface area contributed by atoms with Gasteiger partial charge in [0, 0.05) is 43.9 Å². The summed E-state index contributed by atoms with van der Waals surface area (Å²) >= 11 is 6.12. The lowest BCUT2D eigenvalue weighted by Crippen LogP contribution is -2.68. The van der Waals surface area contributed by atoms with Gasteiger partial charge in [0.15, 0.2) is 0 Å². The molecule has 0 saturated carbocycles. The normalized spacial score (nSPS) is 15.0. The van der Waals surface area contributed by atoms with Crippen molar-refractivity contribution >= 4 is 28.7 Å². The molecule has 1 fully saturated rings. The summed E-state index contributed by atoms with van der Waals surface area (Å²) in [6.45, 7) is 6.49. The van der Waals surface area contributed by atoms with Crippen molar-refractivity contribution in [2.45, 2.75) is 12.8 Å². The molecule has 1 aliphatic rings. The van der Waals surface area contributed by atoms with Gasteiger partial charge in [-0.15, -0.1) is 0 Å². The average Bonchev–Trinajstić information content (AvgIpc) is 2.71. The maximum atomic E-state index is 6.12. The molecule has 5 nitrogen and oxygen atoms in total. The first-order chi connectivity index (χ1) is 13.2. The van der Waals surface area contributed by atoms with Crippen molar-refractivity contribution in [2.24, 2.45) is 0 Å². The molecule has 1 aliphatic heterocycles. The van der Waals surface area contributed by atoms with Crippen molar-refractivity contribution < 1.29 is 5.84 Å². The van der Waals surface area contributed by atoms with Crippen LogP contribution in [0.25, 0.3) is 0 Å². The second-order valence-electron chi connectivity index (χ2n) is 7.05. The van der Waals surface area contributed by atoms with Crippen LogP contribution in [-0.4, -0.2) is 51.2 Å². The monoisotopic (exact) mass is 388 g/mol. The molecule has 3 rings (SSSR count). The zero-order chi connectivity index (χ0) is 19.1. The van der Waals surface area contributed by atoms with E-state index in [0.717, 1.165) is 62.1 Å². The Morgan fingerprint density at radius 3 is 2.56 bits per heavy atom. The third-order valence-corrected chi connectivity index (χ3v) is 5.45. The summed E-state index contributed by atoms with van der Waals surface area (Å²) in [7, 11) is 1.95. The quantitative estimate of drug-likeness (QED) is 0.539. The van der Waals surface area contributed by atoms with E-state index in [1.807, 2.05) is 25.2 Å². The number of benzene rings is 2. The lowest BCUT2D eigenvalue weighted by atomic mass is 10.2. The van der Waals surface area contributed by atoms with Gasteiger partial charge < -0.3 is 10.2 Å². The Bertz CT molecular complexity index is 715. The van der Waals surface area contributed by atoms with E-state index >= 15 is 0 Å². The van der Waals surface area contributed by atoms with Gasteiger partial charge in [-0.2, -0.15) is 0 Å². The summed E-state index contributed by atoms with van der Waals surface area (Å²) in [6, 6.07) is 16.5. The number of halogens is 1. The molecule has 4 N–H and O–H groups in total. The Labute approximate surface area is 167 Å². The van der Waals surface area contributed by atoms with Crippen molar-refractivity contribution in [1.82, 2.24) is 4.90 Å². The van der Waals surface area contributed by atoms with Crippen LogP contribution in [-0.2, 0) is 0 Å². The van der Waals surface area contributed by atoms with Crippen molar-refractivity contribution in [1.29, 1.82) is 0 Å². The number of nitrogens with zero attached hydrogens (tertiary/aromatic N) is 3. The highest BCUT2D eigenvalue weighted by Gasteiger charge is 2.17. The Morgan fingerprint density at radius 1 is 1.04 bits per heavy atom. The topological polar surface area (TPSA) is 49.4 Å². The summed E-state index contributed by atoms with van der Waals surface area (Å²) < 4.78 is 0. The van der Waals surface area contributed by atoms with E-state index in [-0.39, 0.29) is 0 Å². The van der Waals surface area contributed by atoms with Crippen LogP contribution in [0.4, 0.5) is 17.1 Å². The van der Waals surface area contributed by atoms with E-state index < -0.39 is 0 Å². The van der Waals surface area contributed by atoms with Crippen molar-refractivity contribution in [3.63, 3.8) is 0 Å². The molecule has 0 atom stereocenters. The van der Waals surface area contributed by atoms with Crippen LogP contribution in [0.1, 0.15) is 12.8 Å². The van der Waals surface area contributed by atoms with Crippen molar-refractivity contribution in [3.8, 4) is 0 Å². The molecular weight excluding hydrogens is 358 g/mol. The minimum Gasteiger partial charge on any atom is -0.386 e. The molecule has 0 aliphatic carbocycles. The fourth-order valence-electron chi connectivity index (χ4n) is 3.62. The number of quaternary nitrogens is 1. The maximum Gasteiger partial charge on any atom is 0.111 e. The molecule has 6 heteroatoms. The summed E-state index contributed by atoms with van der Waals surface area (Å²) in [5.41, 5.74) is 3.53. The first kappa shape index (κ1) is 19.8. The summed E-state index contributed by atoms with van der Waals surface area (Å²) in [4.78, 5) is 4.99. The van der Waals surface area contributed by atoms with Gasteiger partial charge >= 0.3 is 0 Å². The molecule has 0 aromatic heterocycles. The van der Waals surface area contributed by atoms with Crippen LogP contribution in [0.3, 0.4) is 0 Å². The molecule has 1 saturated heterocycles. The Hall–Kier alpha value is -1.95. The van der Waals surface area contributed by atoms with Crippen LogP contribution < -0.4 is 21.1 Å². The first-order valence-electron chi connectivity index (χ1n) is 9.75. The van der Waals surface area contributed by atoms with E-state index in [9.17, 15) is 0 Å². The molecule has 0 radical (unpaired) electrons. The van der Waals surface area contributed by atoms with E-state index in [4.69, 9.17) is 11.6 Å². The molecule has 2 aromatic rings. The SMILES string of the molecule is CNc1ccccc1N([NH3+])CCCCN1CCN(c2cccc(Cl)c2)CC1. The number of hydrogen-bond acceptors (Lipinski definition) is 4. The highest BCUT2D eigenvalue weighted by molar-refractivity contribution is 6.30. The van der Waals surface area contributed by atoms with Gasteiger partial charge in [-0.3, -0.25) is 10.7 Å². The van der Waals surface area contributed by atoms with E-state index in [2.05, 4.69) is 56.3 Å². The smallest absolute Gasteiger partial charge is 0.111 e. The number of hydrogen-bond donors (Lipinski definition) is 2. The van der Waals surface area contributed by atoms with Gasteiger partial charge in [-0.25, -0.2) is 5.01 Å². The molecule has 0 amide bonds. The minimum atomic E-state index is 0.813. The van der Waals surface area contributed by atoms with E-state index in [1.165, 1.54) is 12.1 Å². The zero-order valence-corrected chi connectivity index (χ0v) is 17.0. The third kappa shape index (κ3) is 5.51. The van der Waals surface area contributed by atoms with Crippen LogP contribution in [0.2, 0.25) is 5.02 Å². The molecule has 1 heterocycles. The molecule has 0 spiro atoms. The zero-order valence-electron chi connectivity index (χ0n) is 16.2. The van der Waals surface area contributed by atoms with E-state index in [1.54, 1.807) is 0 Å². The lowest BCUT2D eigenvalue weighted by molar-refractivity contribution is -0.385. The highest BCUT2D eigenvalue weighted by Crippen LogP contribution is 2.23. The number of anilines is 3. The number of rotatable bonds is 8. The average molecular weight is 389 g/mol. The van der Waals surface area contributed by atoms with Crippen LogP contribution in [0.15, 0.2) is 48.5 Å².